The summed E-state index contributed by atoms with van der Waals surface area (Å²) >= 11 is 0. The second-order valence-corrected chi connectivity index (χ2v) is 7.02. The second kappa shape index (κ2) is 8.47. The number of hydrogen-bond acceptors (Lipinski definition) is 7. The molecular weight excluding hydrogens is 400 g/mol. The van der Waals surface area contributed by atoms with Gasteiger partial charge in [-0.1, -0.05) is 18.1 Å². The minimum Gasteiger partial charge on any atom is -0.493 e. The number of hydrogen-bond donors (Lipinski definition) is 1. The first-order chi connectivity index (χ1) is 15.0. The fraction of sp³-hybridized carbons (Fsp3) is 0.273. The van der Waals surface area contributed by atoms with Crippen LogP contribution in [-0.4, -0.2) is 33.9 Å². The largest absolute Gasteiger partial charge is 0.493 e. The lowest BCUT2D eigenvalue weighted by atomic mass is 10.1. The van der Waals surface area contributed by atoms with Crippen LogP contribution in [0, 0.1) is 0 Å². The Morgan fingerprint density at radius 3 is 2.61 bits per heavy atom. The first-order valence-electron chi connectivity index (χ1n) is 9.84. The lowest BCUT2D eigenvalue weighted by Crippen LogP contribution is -2.36. The van der Waals surface area contributed by atoms with Crippen molar-refractivity contribution in [3.63, 3.8) is 0 Å². The minimum absolute atomic E-state index is 0.395. The smallest absolute Gasteiger partial charge is 0.316 e. The normalized spacial score (nSPS) is 11.1. The first kappa shape index (κ1) is 20.4. The number of methoxy groups -OCH3 is 2. The molecule has 0 bridgehead atoms. The summed E-state index contributed by atoms with van der Waals surface area (Å²) in [7, 11) is 3.16. The summed E-state index contributed by atoms with van der Waals surface area (Å²) in [4.78, 5) is 31.3. The lowest BCUT2D eigenvalue weighted by molar-refractivity contribution is 0.354. The monoisotopic (exact) mass is 422 g/mol. The Bertz CT molecular complexity index is 1350. The van der Waals surface area contributed by atoms with E-state index in [9.17, 15) is 9.59 Å². The van der Waals surface area contributed by atoms with Gasteiger partial charge in [-0.15, -0.1) is 0 Å². The highest BCUT2D eigenvalue weighted by molar-refractivity contribution is 5.80. The number of benzene rings is 2. The van der Waals surface area contributed by atoms with Crippen LogP contribution in [0.1, 0.15) is 24.8 Å². The zero-order chi connectivity index (χ0) is 22.0. The molecule has 9 heteroatoms. The maximum Gasteiger partial charge on any atom is 0.316 e. The molecule has 31 heavy (non-hydrogen) atoms. The molecule has 160 valence electrons. The Labute approximate surface area is 177 Å². The number of nitrogens with zero attached hydrogens (tertiary/aromatic N) is 3. The molecule has 2 aromatic carbocycles. The Morgan fingerprint density at radius 1 is 1.06 bits per heavy atom. The maximum atomic E-state index is 12.2. The third-order valence-corrected chi connectivity index (χ3v) is 4.95. The predicted molar refractivity (Wildman–Crippen MR) is 115 cm³/mol. The average molecular weight is 422 g/mol. The number of rotatable bonds is 7. The molecule has 0 spiro atoms. The van der Waals surface area contributed by atoms with Crippen LogP contribution in [0.3, 0.4) is 0 Å². The number of aromatic amines is 1. The SMILES string of the molecule is CCCn1c(=O)c(=O)[nH]c2cc(-c3noc(Cc4ccc(OC)c(OC)c4)n3)ccc21. The third-order valence-electron chi connectivity index (χ3n) is 4.95. The summed E-state index contributed by atoms with van der Waals surface area (Å²) in [5.41, 5.74) is 1.59. The average Bonchev–Trinajstić information content (AvgIpc) is 3.25. The molecule has 2 aromatic heterocycles. The molecule has 0 aliphatic carbocycles. The van der Waals surface area contributed by atoms with Crippen molar-refractivity contribution in [2.45, 2.75) is 26.3 Å². The van der Waals surface area contributed by atoms with Gasteiger partial charge < -0.3 is 23.5 Å². The lowest BCUT2D eigenvalue weighted by Gasteiger charge is -2.08. The zero-order valence-corrected chi connectivity index (χ0v) is 17.5. The number of H-pyrrole nitrogens is 1. The Kier molecular flexibility index (Phi) is 5.57. The standard InChI is InChI=1S/C22H22N4O5/c1-4-9-26-16-7-6-14(12-15(16)23-21(27)22(26)28)20-24-19(31-25-20)11-13-5-8-17(29-2)18(10-13)30-3/h5-8,10,12H,4,9,11H2,1-3H3,(H,23,27). The molecule has 0 radical (unpaired) electrons. The first-order valence-corrected chi connectivity index (χ1v) is 9.84. The van der Waals surface area contributed by atoms with Crippen molar-refractivity contribution in [1.29, 1.82) is 0 Å². The molecular formula is C22H22N4O5. The molecule has 4 rings (SSSR count). The summed E-state index contributed by atoms with van der Waals surface area (Å²) in [5, 5.41) is 4.06. The number of aromatic nitrogens is 4. The molecule has 0 aliphatic heterocycles. The van der Waals surface area contributed by atoms with Crippen molar-refractivity contribution in [1.82, 2.24) is 19.7 Å². The maximum absolute atomic E-state index is 12.2. The molecule has 0 fully saturated rings. The molecule has 0 amide bonds. The number of nitrogens with one attached hydrogen (secondary N) is 1. The van der Waals surface area contributed by atoms with E-state index in [1.807, 2.05) is 25.1 Å². The highest BCUT2D eigenvalue weighted by Gasteiger charge is 2.14. The second-order valence-electron chi connectivity index (χ2n) is 7.02. The van der Waals surface area contributed by atoms with Gasteiger partial charge in [0.05, 0.1) is 31.7 Å². The van der Waals surface area contributed by atoms with Gasteiger partial charge in [0, 0.05) is 12.1 Å². The topological polar surface area (TPSA) is 112 Å². The highest BCUT2D eigenvalue weighted by Crippen LogP contribution is 2.28. The van der Waals surface area contributed by atoms with Crippen LogP contribution < -0.4 is 20.6 Å². The number of fused-ring (bicyclic) bond motifs is 1. The van der Waals surface area contributed by atoms with Crippen LogP contribution in [0.2, 0.25) is 0 Å². The van der Waals surface area contributed by atoms with Crippen LogP contribution in [0.15, 0.2) is 50.5 Å². The van der Waals surface area contributed by atoms with Crippen LogP contribution >= 0.6 is 0 Å². The summed E-state index contributed by atoms with van der Waals surface area (Å²) in [5.74, 6) is 2.10. The van der Waals surface area contributed by atoms with E-state index in [-0.39, 0.29) is 0 Å². The molecule has 1 N–H and O–H groups in total. The van der Waals surface area contributed by atoms with Crippen molar-refractivity contribution in [2.75, 3.05) is 14.2 Å². The Hall–Kier alpha value is -3.88. The van der Waals surface area contributed by atoms with E-state index in [1.165, 1.54) is 4.57 Å². The van der Waals surface area contributed by atoms with Gasteiger partial charge in [0.1, 0.15) is 0 Å². The highest BCUT2D eigenvalue weighted by atomic mass is 16.5. The summed E-state index contributed by atoms with van der Waals surface area (Å²) in [6.07, 6.45) is 1.17. The van der Waals surface area contributed by atoms with Gasteiger partial charge in [-0.3, -0.25) is 9.59 Å². The predicted octanol–water partition coefficient (Wildman–Crippen LogP) is 2.76. The Morgan fingerprint density at radius 2 is 1.87 bits per heavy atom. The van der Waals surface area contributed by atoms with Gasteiger partial charge in [-0.05, 0) is 42.3 Å². The fourth-order valence-electron chi connectivity index (χ4n) is 3.47. The molecule has 0 aliphatic rings. The summed E-state index contributed by atoms with van der Waals surface area (Å²) in [6.45, 7) is 2.42. The van der Waals surface area contributed by atoms with E-state index in [0.29, 0.717) is 52.8 Å². The van der Waals surface area contributed by atoms with E-state index in [0.717, 1.165) is 12.0 Å². The summed E-state index contributed by atoms with van der Waals surface area (Å²) < 4.78 is 17.5. The van der Waals surface area contributed by atoms with Crippen LogP contribution in [0.25, 0.3) is 22.4 Å². The molecule has 0 atom stereocenters. The molecule has 4 aromatic rings. The molecule has 0 saturated heterocycles. The van der Waals surface area contributed by atoms with Crippen molar-refractivity contribution in [2.24, 2.45) is 0 Å². The van der Waals surface area contributed by atoms with E-state index >= 15 is 0 Å². The minimum atomic E-state index is -0.652. The van der Waals surface area contributed by atoms with Crippen LogP contribution in [0.5, 0.6) is 11.5 Å². The van der Waals surface area contributed by atoms with Gasteiger partial charge in [0.2, 0.25) is 11.7 Å². The van der Waals surface area contributed by atoms with Crippen molar-refractivity contribution >= 4 is 11.0 Å². The van der Waals surface area contributed by atoms with Crippen molar-refractivity contribution in [3.05, 3.63) is 68.6 Å². The number of ether oxygens (including phenoxy) is 2. The van der Waals surface area contributed by atoms with E-state index in [4.69, 9.17) is 14.0 Å². The summed E-state index contributed by atoms with van der Waals surface area (Å²) in [6, 6.07) is 10.9. The quantitative estimate of drug-likeness (QED) is 0.456. The van der Waals surface area contributed by atoms with Gasteiger partial charge in [0.25, 0.3) is 0 Å². The van der Waals surface area contributed by atoms with E-state index in [2.05, 4.69) is 15.1 Å². The molecule has 0 unspecified atom stereocenters. The van der Waals surface area contributed by atoms with Crippen molar-refractivity contribution in [3.8, 4) is 22.9 Å². The van der Waals surface area contributed by atoms with Crippen LogP contribution in [-0.2, 0) is 13.0 Å². The third kappa shape index (κ3) is 3.94. The molecule has 0 saturated carbocycles. The van der Waals surface area contributed by atoms with Gasteiger partial charge in [-0.25, -0.2) is 0 Å². The number of aryl methyl sites for hydroxylation is 1. The van der Waals surface area contributed by atoms with E-state index in [1.54, 1.807) is 32.4 Å². The van der Waals surface area contributed by atoms with Gasteiger partial charge >= 0.3 is 11.1 Å². The van der Waals surface area contributed by atoms with Gasteiger partial charge in [0.15, 0.2) is 11.5 Å². The zero-order valence-electron chi connectivity index (χ0n) is 17.5. The molecule has 9 nitrogen and oxygen atoms in total. The van der Waals surface area contributed by atoms with Crippen LogP contribution in [0.4, 0.5) is 0 Å². The Balaban J connectivity index is 1.65. The van der Waals surface area contributed by atoms with E-state index < -0.39 is 11.1 Å². The van der Waals surface area contributed by atoms with Crippen molar-refractivity contribution < 1.29 is 14.0 Å². The molecule has 2 heterocycles. The van der Waals surface area contributed by atoms with Gasteiger partial charge in [-0.2, -0.15) is 4.98 Å². The fourth-order valence-corrected chi connectivity index (χ4v) is 3.47.